The van der Waals surface area contributed by atoms with Gasteiger partial charge in [-0.15, -0.1) is 0 Å². The summed E-state index contributed by atoms with van der Waals surface area (Å²) in [5, 5.41) is 7.96. The largest absolute Gasteiger partial charge is 0.383 e. The Morgan fingerprint density at radius 1 is 1.22 bits per heavy atom. The van der Waals surface area contributed by atoms with Gasteiger partial charge in [0.15, 0.2) is 23.4 Å². The fourth-order valence-electron chi connectivity index (χ4n) is 1.58. The molecule has 0 radical (unpaired) electrons. The number of methoxy groups -OCH3 is 1. The highest BCUT2D eigenvalue weighted by Gasteiger charge is 2.15. The van der Waals surface area contributed by atoms with Gasteiger partial charge in [-0.25, -0.2) is 18.2 Å². The summed E-state index contributed by atoms with van der Waals surface area (Å²) < 4.78 is 44.2. The lowest BCUT2D eigenvalue weighted by Gasteiger charge is -2.11. The number of nitrogens with one attached hydrogen (secondary N) is 3. The number of ether oxygens (including phenoxy) is 1. The molecule has 1 amide bonds. The predicted octanol–water partition coefficient (Wildman–Crippen LogP) is 1.24. The Kier molecular flexibility index (Phi) is 7.89. The standard InChI is InChI=1S/C14H19F3N4O2/c1-3-18-14(19-6-7-23-2)20-8-11(22)21-10-5-4-9(15)12(16)13(10)17/h4-5H,3,6-8H2,1-2H3,(H,21,22)(H2,18,19,20). The van der Waals surface area contributed by atoms with Gasteiger partial charge in [-0.05, 0) is 19.1 Å². The molecule has 128 valence electrons. The third kappa shape index (κ3) is 6.15. The quantitative estimate of drug-likeness (QED) is 0.304. The van der Waals surface area contributed by atoms with Crippen molar-refractivity contribution < 1.29 is 22.7 Å². The van der Waals surface area contributed by atoms with Crippen molar-refractivity contribution >= 4 is 17.6 Å². The number of anilines is 1. The van der Waals surface area contributed by atoms with E-state index in [-0.39, 0.29) is 6.54 Å². The van der Waals surface area contributed by atoms with Crippen molar-refractivity contribution in [1.82, 2.24) is 10.6 Å². The van der Waals surface area contributed by atoms with Crippen molar-refractivity contribution in [3.8, 4) is 0 Å². The SMILES string of the molecule is CCNC(=NCC(=O)Nc1ccc(F)c(F)c1F)NCCOC. The number of benzene rings is 1. The first-order valence-electron chi connectivity index (χ1n) is 6.94. The third-order valence-corrected chi connectivity index (χ3v) is 2.63. The van der Waals surface area contributed by atoms with Gasteiger partial charge in [0, 0.05) is 20.2 Å². The third-order valence-electron chi connectivity index (χ3n) is 2.63. The highest BCUT2D eigenvalue weighted by Crippen LogP contribution is 2.19. The summed E-state index contributed by atoms with van der Waals surface area (Å²) >= 11 is 0. The molecule has 0 aliphatic heterocycles. The number of carbonyl (C=O) groups is 1. The second-order valence-corrected chi connectivity index (χ2v) is 4.39. The van der Waals surface area contributed by atoms with Crippen LogP contribution in [0.3, 0.4) is 0 Å². The number of aliphatic imine (C=N–C) groups is 1. The summed E-state index contributed by atoms with van der Waals surface area (Å²) in [6, 6.07) is 1.67. The van der Waals surface area contributed by atoms with E-state index in [9.17, 15) is 18.0 Å². The van der Waals surface area contributed by atoms with Gasteiger partial charge in [-0.3, -0.25) is 4.79 Å². The summed E-state index contributed by atoms with van der Waals surface area (Å²) in [6.07, 6.45) is 0. The Morgan fingerprint density at radius 3 is 2.61 bits per heavy atom. The normalized spacial score (nSPS) is 11.3. The van der Waals surface area contributed by atoms with Crippen LogP contribution in [0.4, 0.5) is 18.9 Å². The molecule has 1 aromatic carbocycles. The Balaban J connectivity index is 2.63. The zero-order chi connectivity index (χ0) is 17.2. The molecule has 0 unspecified atom stereocenters. The van der Waals surface area contributed by atoms with Gasteiger partial charge >= 0.3 is 0 Å². The van der Waals surface area contributed by atoms with Gasteiger partial charge in [-0.2, -0.15) is 0 Å². The van der Waals surface area contributed by atoms with E-state index < -0.39 is 29.0 Å². The molecule has 1 rings (SSSR count). The summed E-state index contributed by atoms with van der Waals surface area (Å²) in [5.41, 5.74) is -0.443. The summed E-state index contributed by atoms with van der Waals surface area (Å²) in [7, 11) is 1.55. The minimum Gasteiger partial charge on any atom is -0.383 e. The first-order valence-corrected chi connectivity index (χ1v) is 6.94. The molecule has 0 atom stereocenters. The highest BCUT2D eigenvalue weighted by atomic mass is 19.2. The molecule has 6 nitrogen and oxygen atoms in total. The van der Waals surface area contributed by atoms with Crippen LogP contribution in [0.1, 0.15) is 6.92 Å². The number of carbonyl (C=O) groups excluding carboxylic acids is 1. The molecule has 0 saturated carbocycles. The Hall–Kier alpha value is -2.29. The molecule has 0 aromatic heterocycles. The van der Waals surface area contributed by atoms with Crippen molar-refractivity contribution in [2.24, 2.45) is 4.99 Å². The van der Waals surface area contributed by atoms with Crippen LogP contribution in [0.15, 0.2) is 17.1 Å². The molecule has 23 heavy (non-hydrogen) atoms. The monoisotopic (exact) mass is 332 g/mol. The lowest BCUT2D eigenvalue weighted by molar-refractivity contribution is -0.114. The number of hydrogen-bond acceptors (Lipinski definition) is 3. The van der Waals surface area contributed by atoms with Crippen LogP contribution in [-0.2, 0) is 9.53 Å². The zero-order valence-electron chi connectivity index (χ0n) is 12.9. The topological polar surface area (TPSA) is 74.8 Å². The summed E-state index contributed by atoms with van der Waals surface area (Å²) in [4.78, 5) is 15.7. The molecule has 0 spiro atoms. The number of halogens is 3. The van der Waals surface area contributed by atoms with Crippen LogP contribution in [0.2, 0.25) is 0 Å². The maximum Gasteiger partial charge on any atom is 0.246 e. The van der Waals surface area contributed by atoms with E-state index in [0.717, 1.165) is 12.1 Å². The van der Waals surface area contributed by atoms with Crippen LogP contribution in [0.5, 0.6) is 0 Å². The molecule has 1 aromatic rings. The molecular weight excluding hydrogens is 313 g/mol. The Labute approximate surface area is 132 Å². The minimum absolute atomic E-state index is 0.319. The van der Waals surface area contributed by atoms with Crippen LogP contribution >= 0.6 is 0 Å². The van der Waals surface area contributed by atoms with Gasteiger partial charge in [0.25, 0.3) is 0 Å². The van der Waals surface area contributed by atoms with Gasteiger partial charge in [0.05, 0.1) is 12.3 Å². The summed E-state index contributed by atoms with van der Waals surface area (Å²) in [6.45, 7) is 3.06. The van der Waals surface area contributed by atoms with E-state index in [1.165, 1.54) is 0 Å². The molecule has 3 N–H and O–H groups in total. The lowest BCUT2D eigenvalue weighted by atomic mass is 10.3. The van der Waals surface area contributed by atoms with Crippen molar-refractivity contribution in [3.63, 3.8) is 0 Å². The number of hydrogen-bond donors (Lipinski definition) is 3. The van der Waals surface area contributed by atoms with Crippen LogP contribution < -0.4 is 16.0 Å². The maximum atomic E-state index is 13.4. The van der Waals surface area contributed by atoms with E-state index >= 15 is 0 Å². The second kappa shape index (κ2) is 9.67. The van der Waals surface area contributed by atoms with Crippen molar-refractivity contribution in [2.45, 2.75) is 6.92 Å². The fraction of sp³-hybridized carbons (Fsp3) is 0.429. The van der Waals surface area contributed by atoms with Gasteiger partial charge in [0.1, 0.15) is 6.54 Å². The molecular formula is C14H19F3N4O2. The first-order chi connectivity index (χ1) is 11.0. The molecule has 0 aliphatic rings. The van der Waals surface area contributed by atoms with E-state index in [1.807, 2.05) is 6.92 Å². The van der Waals surface area contributed by atoms with Crippen LogP contribution in [-0.4, -0.2) is 45.2 Å². The Bertz CT molecular complexity index is 567. The van der Waals surface area contributed by atoms with Gasteiger partial charge in [0.2, 0.25) is 5.91 Å². The number of rotatable bonds is 7. The molecule has 0 aliphatic carbocycles. The number of guanidine groups is 1. The molecule has 0 bridgehead atoms. The molecule has 0 saturated heterocycles. The van der Waals surface area contributed by atoms with E-state index in [0.29, 0.717) is 25.7 Å². The molecule has 0 fully saturated rings. The van der Waals surface area contributed by atoms with Crippen molar-refractivity contribution in [3.05, 3.63) is 29.6 Å². The Morgan fingerprint density at radius 2 is 1.96 bits per heavy atom. The highest BCUT2D eigenvalue weighted by molar-refractivity contribution is 5.94. The number of nitrogens with zero attached hydrogens (tertiary/aromatic N) is 1. The smallest absolute Gasteiger partial charge is 0.246 e. The maximum absolute atomic E-state index is 13.4. The lowest BCUT2D eigenvalue weighted by Crippen LogP contribution is -2.39. The number of amides is 1. The predicted molar refractivity (Wildman–Crippen MR) is 80.8 cm³/mol. The van der Waals surface area contributed by atoms with Gasteiger partial charge < -0.3 is 20.7 Å². The zero-order valence-corrected chi connectivity index (χ0v) is 12.9. The molecule has 0 heterocycles. The van der Waals surface area contributed by atoms with Crippen molar-refractivity contribution in [1.29, 1.82) is 0 Å². The van der Waals surface area contributed by atoms with Gasteiger partial charge in [-0.1, -0.05) is 0 Å². The van der Waals surface area contributed by atoms with E-state index in [1.54, 1.807) is 7.11 Å². The second-order valence-electron chi connectivity index (χ2n) is 4.39. The first kappa shape index (κ1) is 18.8. The minimum atomic E-state index is -1.64. The summed E-state index contributed by atoms with van der Waals surface area (Å²) in [5.74, 6) is -4.70. The van der Waals surface area contributed by atoms with Crippen LogP contribution in [0.25, 0.3) is 0 Å². The molecule has 9 heteroatoms. The van der Waals surface area contributed by atoms with Crippen LogP contribution in [0, 0.1) is 17.5 Å². The van der Waals surface area contributed by atoms with E-state index in [2.05, 4.69) is 20.9 Å². The fourth-order valence-corrected chi connectivity index (χ4v) is 1.58. The average molecular weight is 332 g/mol. The average Bonchev–Trinajstić information content (AvgIpc) is 2.53. The van der Waals surface area contributed by atoms with E-state index in [4.69, 9.17) is 4.74 Å². The van der Waals surface area contributed by atoms with Crippen molar-refractivity contribution in [2.75, 3.05) is 38.7 Å².